The van der Waals surface area contributed by atoms with Crippen LogP contribution in [0.3, 0.4) is 0 Å². The number of aromatic nitrogens is 2. The summed E-state index contributed by atoms with van der Waals surface area (Å²) in [6, 6.07) is 1.07. The lowest BCUT2D eigenvalue weighted by molar-refractivity contribution is -0.126. The maximum Gasteiger partial charge on any atom is 0.329 e. The zero-order chi connectivity index (χ0) is 14.1. The summed E-state index contributed by atoms with van der Waals surface area (Å²) in [6.07, 6.45) is 1.95. The van der Waals surface area contributed by atoms with Gasteiger partial charge in [-0.3, -0.25) is 14.3 Å². The van der Waals surface area contributed by atoms with E-state index < -0.39 is 32.7 Å². The van der Waals surface area contributed by atoms with E-state index in [0.717, 1.165) is 18.5 Å². The van der Waals surface area contributed by atoms with E-state index in [4.69, 9.17) is 0 Å². The fourth-order valence-electron chi connectivity index (χ4n) is 1.35. The molecule has 0 spiro atoms. The Balaban J connectivity index is 3.35. The zero-order valence-electron chi connectivity index (χ0n) is 10.1. The maximum atomic E-state index is 11.8. The summed E-state index contributed by atoms with van der Waals surface area (Å²) in [6.45, 7) is 2.54. The first-order chi connectivity index (χ1) is 8.05. The summed E-state index contributed by atoms with van der Waals surface area (Å²) in [5, 5.41) is 0. The molecule has 0 aliphatic rings. The van der Waals surface area contributed by atoms with Crippen LogP contribution in [-0.2, 0) is 20.4 Å². The molecule has 1 heterocycles. The molecule has 1 aromatic heterocycles. The van der Waals surface area contributed by atoms with Crippen molar-refractivity contribution in [2.45, 2.75) is 19.4 Å². The molecular formula is C9H13N3O5S. The first-order valence-corrected chi connectivity index (χ1v) is 6.78. The summed E-state index contributed by atoms with van der Waals surface area (Å²) in [5.74, 6) is -0.969. The first-order valence-electron chi connectivity index (χ1n) is 4.89. The van der Waals surface area contributed by atoms with Crippen molar-refractivity contribution in [2.75, 3.05) is 6.26 Å². The Hall–Kier alpha value is -1.90. The Morgan fingerprint density at radius 3 is 2.39 bits per heavy atom. The Labute approximate surface area is 103 Å². The van der Waals surface area contributed by atoms with Crippen LogP contribution >= 0.6 is 0 Å². The van der Waals surface area contributed by atoms with Gasteiger partial charge in [-0.2, -0.15) is 0 Å². The lowest BCUT2D eigenvalue weighted by Crippen LogP contribution is -2.54. The summed E-state index contributed by atoms with van der Waals surface area (Å²) in [7, 11) is -3.77. The Kier molecular flexibility index (Phi) is 3.47. The molecule has 0 aromatic carbocycles. The van der Waals surface area contributed by atoms with E-state index in [9.17, 15) is 22.8 Å². The number of carbonyl (C=O) groups excluding carboxylic acids is 1. The lowest BCUT2D eigenvalue weighted by Gasteiger charge is -2.24. The summed E-state index contributed by atoms with van der Waals surface area (Å²) in [5.41, 5.74) is -3.13. The molecule has 0 aliphatic carbocycles. The van der Waals surface area contributed by atoms with Crippen molar-refractivity contribution in [1.29, 1.82) is 0 Å². The molecule has 0 bridgehead atoms. The zero-order valence-corrected chi connectivity index (χ0v) is 10.9. The molecule has 0 aliphatic heterocycles. The average molecular weight is 275 g/mol. The van der Waals surface area contributed by atoms with Gasteiger partial charge in [-0.15, -0.1) is 0 Å². The van der Waals surface area contributed by atoms with Gasteiger partial charge in [-0.25, -0.2) is 17.8 Å². The quantitative estimate of drug-likeness (QED) is 0.685. The van der Waals surface area contributed by atoms with E-state index in [1.54, 1.807) is 4.72 Å². The highest BCUT2D eigenvalue weighted by atomic mass is 32.2. The van der Waals surface area contributed by atoms with Crippen LogP contribution in [-0.4, -0.2) is 30.1 Å². The van der Waals surface area contributed by atoms with Gasteiger partial charge in [0.05, 0.1) is 6.26 Å². The predicted molar refractivity (Wildman–Crippen MR) is 63.6 cm³/mol. The molecule has 0 saturated heterocycles. The second-order valence-electron chi connectivity index (χ2n) is 4.22. The van der Waals surface area contributed by atoms with Crippen LogP contribution in [0.15, 0.2) is 21.9 Å². The number of carbonyl (C=O) groups is 1. The third kappa shape index (κ3) is 2.86. The van der Waals surface area contributed by atoms with Gasteiger partial charge in [-0.05, 0) is 13.8 Å². The highest BCUT2D eigenvalue weighted by Crippen LogP contribution is 2.10. The third-order valence-electron chi connectivity index (χ3n) is 2.25. The molecule has 2 N–H and O–H groups in total. The largest absolute Gasteiger partial charge is 0.329 e. The molecule has 0 atom stereocenters. The maximum absolute atomic E-state index is 11.8. The normalized spacial score (nSPS) is 12.2. The van der Waals surface area contributed by atoms with E-state index in [-0.39, 0.29) is 0 Å². The van der Waals surface area contributed by atoms with E-state index in [1.165, 1.54) is 13.8 Å². The van der Waals surface area contributed by atoms with Crippen molar-refractivity contribution in [2.24, 2.45) is 0 Å². The van der Waals surface area contributed by atoms with Gasteiger partial charge in [0.2, 0.25) is 10.0 Å². The van der Waals surface area contributed by atoms with E-state index in [0.29, 0.717) is 4.57 Å². The summed E-state index contributed by atoms with van der Waals surface area (Å²) >= 11 is 0. The molecule has 100 valence electrons. The highest BCUT2D eigenvalue weighted by molar-refractivity contribution is 7.89. The van der Waals surface area contributed by atoms with Gasteiger partial charge < -0.3 is 4.98 Å². The van der Waals surface area contributed by atoms with E-state index in [2.05, 4.69) is 4.98 Å². The Bertz CT molecular complexity index is 654. The molecule has 1 rings (SSSR count). The number of aromatic amines is 1. The van der Waals surface area contributed by atoms with Crippen LogP contribution in [0.5, 0.6) is 0 Å². The highest BCUT2D eigenvalue weighted by Gasteiger charge is 2.34. The van der Waals surface area contributed by atoms with Crippen molar-refractivity contribution >= 4 is 15.9 Å². The van der Waals surface area contributed by atoms with Crippen LogP contribution < -0.4 is 16.0 Å². The molecule has 0 radical (unpaired) electrons. The van der Waals surface area contributed by atoms with Gasteiger partial charge >= 0.3 is 5.69 Å². The molecule has 9 heteroatoms. The predicted octanol–water partition coefficient (Wildman–Crippen LogP) is -1.65. The molecule has 0 unspecified atom stereocenters. The molecule has 0 saturated carbocycles. The summed E-state index contributed by atoms with van der Waals surface area (Å²) < 4.78 is 24.3. The number of nitrogens with one attached hydrogen (secondary N) is 2. The van der Waals surface area contributed by atoms with Gasteiger partial charge in [0, 0.05) is 12.3 Å². The molecule has 8 nitrogen and oxygen atoms in total. The fourth-order valence-corrected chi connectivity index (χ4v) is 1.93. The van der Waals surface area contributed by atoms with Crippen molar-refractivity contribution in [3.05, 3.63) is 33.1 Å². The number of sulfonamides is 1. The Morgan fingerprint density at radius 2 is 1.94 bits per heavy atom. The minimum absolute atomic E-state index is 0.646. The lowest BCUT2D eigenvalue weighted by atomic mass is 10.1. The fraction of sp³-hybridized carbons (Fsp3) is 0.444. The van der Waals surface area contributed by atoms with Crippen LogP contribution in [0.25, 0.3) is 0 Å². The van der Waals surface area contributed by atoms with Crippen LogP contribution in [0.2, 0.25) is 0 Å². The summed E-state index contributed by atoms with van der Waals surface area (Å²) in [4.78, 5) is 37.1. The molecule has 1 aromatic rings. The second-order valence-corrected chi connectivity index (χ2v) is 5.97. The number of amides is 1. The van der Waals surface area contributed by atoms with Crippen LogP contribution in [0.4, 0.5) is 0 Å². The standard InChI is InChI=1S/C9H13N3O5S/c1-9(2,7(14)11-18(3,16)17)12-6(13)4-5-10-8(12)15/h4-5H,1-3H3,(H,10,15)(H,11,14). The van der Waals surface area contributed by atoms with Crippen molar-refractivity contribution in [1.82, 2.24) is 14.3 Å². The van der Waals surface area contributed by atoms with Crippen molar-refractivity contribution in [3.8, 4) is 0 Å². The number of hydrogen-bond acceptors (Lipinski definition) is 5. The SMILES string of the molecule is CC(C)(C(=O)NS(C)(=O)=O)n1c(=O)cc[nH]c1=O. The third-order valence-corrected chi connectivity index (χ3v) is 2.81. The second kappa shape index (κ2) is 4.41. The number of H-pyrrole nitrogens is 1. The molecule has 18 heavy (non-hydrogen) atoms. The smallest absolute Gasteiger partial charge is 0.314 e. The van der Waals surface area contributed by atoms with E-state index >= 15 is 0 Å². The van der Waals surface area contributed by atoms with Crippen molar-refractivity contribution < 1.29 is 13.2 Å². The number of hydrogen-bond donors (Lipinski definition) is 2. The molecule has 0 fully saturated rings. The van der Waals surface area contributed by atoms with Gasteiger partial charge in [0.25, 0.3) is 11.5 Å². The van der Waals surface area contributed by atoms with Gasteiger partial charge in [-0.1, -0.05) is 0 Å². The monoisotopic (exact) mass is 275 g/mol. The van der Waals surface area contributed by atoms with Crippen molar-refractivity contribution in [3.63, 3.8) is 0 Å². The van der Waals surface area contributed by atoms with Crippen LogP contribution in [0.1, 0.15) is 13.8 Å². The van der Waals surface area contributed by atoms with E-state index in [1.807, 2.05) is 0 Å². The number of nitrogens with zero attached hydrogens (tertiary/aromatic N) is 1. The minimum atomic E-state index is -3.77. The van der Waals surface area contributed by atoms with Crippen LogP contribution in [0, 0.1) is 0 Å². The Morgan fingerprint density at radius 1 is 1.39 bits per heavy atom. The van der Waals surface area contributed by atoms with Gasteiger partial charge in [0.15, 0.2) is 0 Å². The van der Waals surface area contributed by atoms with Gasteiger partial charge in [0.1, 0.15) is 5.54 Å². The topological polar surface area (TPSA) is 118 Å². The first kappa shape index (κ1) is 14.2. The number of rotatable bonds is 3. The molecule has 1 amide bonds. The average Bonchev–Trinajstić information content (AvgIpc) is 2.13. The molecular weight excluding hydrogens is 262 g/mol. The minimum Gasteiger partial charge on any atom is -0.314 e.